The highest BCUT2D eigenvalue weighted by atomic mass is 32.2. The summed E-state index contributed by atoms with van der Waals surface area (Å²) in [6.07, 6.45) is 2.29. The molecule has 0 saturated heterocycles. The fourth-order valence-electron chi connectivity index (χ4n) is 3.85. The first-order chi connectivity index (χ1) is 16.4. The summed E-state index contributed by atoms with van der Waals surface area (Å²) >= 11 is 0. The van der Waals surface area contributed by atoms with E-state index in [0.29, 0.717) is 35.4 Å². The maximum Gasteiger partial charge on any atom is 0.534 e. The van der Waals surface area contributed by atoms with E-state index in [1.165, 1.54) is 11.8 Å². The van der Waals surface area contributed by atoms with Crippen LogP contribution in [-0.2, 0) is 23.3 Å². The largest absolute Gasteiger partial charge is 0.534 e. The van der Waals surface area contributed by atoms with Crippen LogP contribution in [0.25, 0.3) is 11.0 Å². The Bertz CT molecular complexity index is 1400. The SMILES string of the molecule is COc1ccc(Cn2nc(C3CCC3)c3c(OS(=O)(=O)C(F)(F)F)cc(C(C)=O)nc32)c(CO)c1. The van der Waals surface area contributed by atoms with Crippen molar-refractivity contribution in [2.24, 2.45) is 0 Å². The lowest BCUT2D eigenvalue weighted by Gasteiger charge is -2.24. The van der Waals surface area contributed by atoms with E-state index < -0.39 is 27.2 Å². The summed E-state index contributed by atoms with van der Waals surface area (Å²) in [6.45, 7) is 0.881. The molecule has 1 fully saturated rings. The Morgan fingerprint density at radius 2 is 1.94 bits per heavy atom. The first-order valence-electron chi connectivity index (χ1n) is 10.6. The number of alkyl halides is 3. The molecule has 0 spiro atoms. The normalized spacial score (nSPS) is 14.7. The zero-order valence-corrected chi connectivity index (χ0v) is 19.6. The van der Waals surface area contributed by atoms with Gasteiger partial charge in [-0.1, -0.05) is 12.5 Å². The van der Waals surface area contributed by atoms with Gasteiger partial charge >= 0.3 is 15.6 Å². The van der Waals surface area contributed by atoms with Crippen LogP contribution >= 0.6 is 0 Å². The Hall–Kier alpha value is -3.19. The van der Waals surface area contributed by atoms with E-state index in [4.69, 9.17) is 4.74 Å². The van der Waals surface area contributed by atoms with Gasteiger partial charge in [-0.2, -0.15) is 26.7 Å². The monoisotopic (exact) mass is 513 g/mol. The molecule has 0 atom stereocenters. The number of ether oxygens (including phenoxy) is 1. The first kappa shape index (κ1) is 24.9. The van der Waals surface area contributed by atoms with Crippen molar-refractivity contribution in [2.75, 3.05) is 7.11 Å². The van der Waals surface area contributed by atoms with Crippen LogP contribution in [0, 0.1) is 0 Å². The number of benzene rings is 1. The van der Waals surface area contributed by atoms with Crippen LogP contribution in [-0.4, -0.2) is 46.7 Å². The van der Waals surface area contributed by atoms with Crippen molar-refractivity contribution < 1.29 is 40.4 Å². The number of carbonyl (C=O) groups is 1. The third-order valence-corrected chi connectivity index (χ3v) is 6.90. The van der Waals surface area contributed by atoms with Gasteiger partial charge in [0.25, 0.3) is 0 Å². The number of aromatic nitrogens is 3. The quantitative estimate of drug-likeness (QED) is 0.275. The summed E-state index contributed by atoms with van der Waals surface area (Å²) in [5.74, 6) is -0.862. The number of hydrogen-bond donors (Lipinski definition) is 1. The molecule has 1 aliphatic rings. The zero-order valence-electron chi connectivity index (χ0n) is 18.8. The highest BCUT2D eigenvalue weighted by Gasteiger charge is 2.49. The van der Waals surface area contributed by atoms with Crippen molar-refractivity contribution in [2.45, 2.75) is 50.8 Å². The molecule has 0 radical (unpaired) electrons. The molecule has 35 heavy (non-hydrogen) atoms. The lowest BCUT2D eigenvalue weighted by atomic mass is 9.82. The minimum atomic E-state index is -6.01. The Morgan fingerprint density at radius 3 is 2.49 bits per heavy atom. The molecule has 0 bridgehead atoms. The van der Waals surface area contributed by atoms with Crippen molar-refractivity contribution in [1.82, 2.24) is 14.8 Å². The molecular formula is C22H22F3N3O6S. The predicted molar refractivity (Wildman–Crippen MR) is 118 cm³/mol. The predicted octanol–water partition coefficient (Wildman–Crippen LogP) is 3.68. The fourth-order valence-corrected chi connectivity index (χ4v) is 4.31. The number of Topliss-reactive ketones (excluding diaryl/α,β-unsaturated/α-hetero) is 1. The number of methoxy groups -OCH3 is 1. The molecule has 1 aliphatic carbocycles. The number of aliphatic hydroxyl groups excluding tert-OH is 1. The minimum Gasteiger partial charge on any atom is -0.497 e. The van der Waals surface area contributed by atoms with Gasteiger partial charge in [0.05, 0.1) is 31.3 Å². The topological polar surface area (TPSA) is 121 Å². The van der Waals surface area contributed by atoms with Crippen molar-refractivity contribution in [3.05, 3.63) is 46.8 Å². The summed E-state index contributed by atoms with van der Waals surface area (Å²) in [5, 5.41) is 14.4. The first-order valence-corrected chi connectivity index (χ1v) is 12.1. The molecule has 1 N–H and O–H groups in total. The van der Waals surface area contributed by atoms with Crippen LogP contribution in [0.5, 0.6) is 11.5 Å². The Kier molecular flexibility index (Phi) is 6.49. The maximum absolute atomic E-state index is 13.1. The summed E-state index contributed by atoms with van der Waals surface area (Å²) in [4.78, 5) is 16.4. The molecule has 0 aliphatic heterocycles. The third-order valence-electron chi connectivity index (χ3n) is 5.93. The molecule has 4 rings (SSSR count). The number of fused-ring (bicyclic) bond motifs is 1. The number of pyridine rings is 1. The van der Waals surface area contributed by atoms with E-state index in [0.717, 1.165) is 19.4 Å². The highest BCUT2D eigenvalue weighted by molar-refractivity contribution is 7.88. The highest BCUT2D eigenvalue weighted by Crippen LogP contribution is 2.43. The minimum absolute atomic E-state index is 0.00610. The average molecular weight is 513 g/mol. The van der Waals surface area contributed by atoms with Gasteiger partial charge in [0.1, 0.15) is 11.4 Å². The molecule has 3 aromatic rings. The van der Waals surface area contributed by atoms with Crippen molar-refractivity contribution in [1.29, 1.82) is 0 Å². The third kappa shape index (κ3) is 4.69. The van der Waals surface area contributed by atoms with E-state index in [-0.39, 0.29) is 35.8 Å². The zero-order chi connectivity index (χ0) is 25.5. The van der Waals surface area contributed by atoms with Gasteiger partial charge in [-0.15, -0.1) is 0 Å². The van der Waals surface area contributed by atoms with Gasteiger partial charge in [0.15, 0.2) is 17.2 Å². The second-order valence-corrected chi connectivity index (χ2v) is 9.74. The summed E-state index contributed by atoms with van der Waals surface area (Å²) in [7, 11) is -4.53. The molecule has 0 unspecified atom stereocenters. The van der Waals surface area contributed by atoms with E-state index in [2.05, 4.69) is 14.3 Å². The second-order valence-electron chi connectivity index (χ2n) is 8.21. The Labute approximate surface area is 198 Å². The number of aliphatic hydroxyl groups is 1. The molecule has 13 heteroatoms. The number of rotatable bonds is 8. The molecule has 2 aromatic heterocycles. The molecular weight excluding hydrogens is 491 g/mol. The van der Waals surface area contributed by atoms with Crippen LogP contribution in [0.15, 0.2) is 24.3 Å². The van der Waals surface area contributed by atoms with Crippen LogP contribution < -0.4 is 8.92 Å². The maximum atomic E-state index is 13.1. The second kappa shape index (κ2) is 9.11. The summed E-state index contributed by atoms with van der Waals surface area (Å²) in [5.41, 5.74) is -4.43. The Balaban J connectivity index is 1.93. The van der Waals surface area contributed by atoms with Gasteiger partial charge in [0, 0.05) is 18.9 Å². The lowest BCUT2D eigenvalue weighted by molar-refractivity contribution is -0.0499. The number of nitrogens with zero attached hydrogens (tertiary/aromatic N) is 3. The van der Waals surface area contributed by atoms with E-state index in [1.54, 1.807) is 18.2 Å². The van der Waals surface area contributed by atoms with Gasteiger partial charge in [0.2, 0.25) is 0 Å². The number of carbonyl (C=O) groups excluding carboxylic acids is 1. The molecule has 9 nitrogen and oxygen atoms in total. The fraction of sp³-hybridized carbons (Fsp3) is 0.409. The summed E-state index contributed by atoms with van der Waals surface area (Å²) < 4.78 is 74.0. The van der Waals surface area contributed by atoms with Gasteiger partial charge in [-0.3, -0.25) is 4.79 Å². The van der Waals surface area contributed by atoms with Crippen LogP contribution in [0.1, 0.15) is 59.4 Å². The average Bonchev–Trinajstić information content (AvgIpc) is 3.09. The van der Waals surface area contributed by atoms with Crippen molar-refractivity contribution >= 4 is 26.9 Å². The van der Waals surface area contributed by atoms with Gasteiger partial charge < -0.3 is 14.0 Å². The van der Waals surface area contributed by atoms with Gasteiger partial charge in [-0.05, 0) is 36.1 Å². The number of ketones is 1. The molecule has 1 aromatic carbocycles. The smallest absolute Gasteiger partial charge is 0.497 e. The number of halogens is 3. The van der Waals surface area contributed by atoms with Crippen LogP contribution in [0.3, 0.4) is 0 Å². The Morgan fingerprint density at radius 1 is 1.23 bits per heavy atom. The van der Waals surface area contributed by atoms with Crippen molar-refractivity contribution in [3.63, 3.8) is 0 Å². The van der Waals surface area contributed by atoms with Crippen LogP contribution in [0.2, 0.25) is 0 Å². The molecule has 2 heterocycles. The van der Waals surface area contributed by atoms with Gasteiger partial charge in [-0.25, -0.2) is 9.67 Å². The number of hydrogen-bond acceptors (Lipinski definition) is 8. The van der Waals surface area contributed by atoms with E-state index in [1.807, 2.05) is 0 Å². The van der Waals surface area contributed by atoms with E-state index >= 15 is 0 Å². The standard InChI is InChI=1S/C22H22F3N3O6S/c1-12(30)17-9-18(34-35(31,32)22(23,24)25)19-20(13-4-3-5-13)27-28(21(19)26-17)10-14-6-7-16(33-2)8-15(14)11-29/h6-9,13,29H,3-5,10-11H2,1-2H3. The van der Waals surface area contributed by atoms with Crippen LogP contribution in [0.4, 0.5) is 13.2 Å². The summed E-state index contributed by atoms with van der Waals surface area (Å²) in [6, 6.07) is 5.90. The molecule has 1 saturated carbocycles. The van der Waals surface area contributed by atoms with Crippen molar-refractivity contribution in [3.8, 4) is 11.5 Å². The molecule has 0 amide bonds. The lowest BCUT2D eigenvalue weighted by Crippen LogP contribution is -2.28. The molecule has 188 valence electrons. The van der Waals surface area contributed by atoms with E-state index in [9.17, 15) is 31.5 Å².